The van der Waals surface area contributed by atoms with E-state index in [1.54, 1.807) is 13.8 Å². The van der Waals surface area contributed by atoms with Gasteiger partial charge in [0.15, 0.2) is 0 Å². The summed E-state index contributed by atoms with van der Waals surface area (Å²) in [4.78, 5) is 11.4. The molecule has 15 heavy (non-hydrogen) atoms. The fourth-order valence-electron chi connectivity index (χ4n) is 1.06. The molecule has 0 atom stereocenters. The van der Waals surface area contributed by atoms with E-state index in [9.17, 15) is 4.79 Å². The number of nitrogens with one attached hydrogen (secondary N) is 1. The highest BCUT2D eigenvalue weighted by atomic mass is 16.2. The first-order chi connectivity index (χ1) is 7.04. The van der Waals surface area contributed by atoms with E-state index in [4.69, 9.17) is 10.4 Å². The lowest BCUT2D eigenvalue weighted by Gasteiger charge is -2.14. The predicted molar refractivity (Wildman–Crippen MR) is 58.0 cm³/mol. The molecule has 0 aromatic rings. The summed E-state index contributed by atoms with van der Waals surface area (Å²) in [5.41, 5.74) is -0.939. The summed E-state index contributed by atoms with van der Waals surface area (Å²) in [6, 6.07) is 1.96. The lowest BCUT2D eigenvalue weighted by Crippen LogP contribution is -2.36. The van der Waals surface area contributed by atoms with E-state index in [0.717, 1.165) is 25.7 Å². The van der Waals surface area contributed by atoms with E-state index in [0.29, 0.717) is 6.54 Å². The van der Waals surface area contributed by atoms with Crippen LogP contribution >= 0.6 is 0 Å². The molecule has 4 nitrogen and oxygen atoms in total. The number of carbonyl (C=O) groups is 1. The molecule has 86 valence electrons. The quantitative estimate of drug-likeness (QED) is 0.623. The Morgan fingerprint density at radius 1 is 1.33 bits per heavy atom. The molecule has 0 rings (SSSR count). The summed E-state index contributed by atoms with van der Waals surface area (Å²) in [6.07, 6.45) is 3.69. The van der Waals surface area contributed by atoms with Crippen molar-refractivity contribution in [1.82, 2.24) is 5.32 Å². The Bertz CT molecular complexity index is 231. The first-order valence-electron chi connectivity index (χ1n) is 5.35. The zero-order chi connectivity index (χ0) is 11.7. The predicted octanol–water partition coefficient (Wildman–Crippen LogP) is 1.21. The van der Waals surface area contributed by atoms with Crippen LogP contribution in [0, 0.1) is 16.7 Å². The monoisotopic (exact) mass is 212 g/mol. The van der Waals surface area contributed by atoms with E-state index >= 15 is 0 Å². The summed E-state index contributed by atoms with van der Waals surface area (Å²) >= 11 is 0. The second-order valence-electron chi connectivity index (χ2n) is 4.13. The third-order valence-electron chi connectivity index (χ3n) is 2.22. The maximum absolute atomic E-state index is 11.4. The number of rotatable bonds is 7. The number of nitrogens with zero attached hydrogens (tertiary/aromatic N) is 1. The van der Waals surface area contributed by atoms with Crippen LogP contribution in [0.1, 0.15) is 39.5 Å². The molecule has 1 amide bonds. The molecule has 0 heterocycles. The van der Waals surface area contributed by atoms with Crippen LogP contribution in [0.3, 0.4) is 0 Å². The number of aliphatic hydroxyl groups is 1. The van der Waals surface area contributed by atoms with Crippen molar-refractivity contribution in [3.05, 3.63) is 0 Å². The highest BCUT2D eigenvalue weighted by Gasteiger charge is 2.26. The molecule has 0 aliphatic heterocycles. The zero-order valence-electron chi connectivity index (χ0n) is 9.55. The standard InChI is InChI=1S/C11H20N2O2/c1-11(2,9-12)10(15)13-7-5-3-4-6-8-14/h14H,3-8H2,1-2H3,(H,13,15). The van der Waals surface area contributed by atoms with Crippen molar-refractivity contribution < 1.29 is 9.90 Å². The smallest absolute Gasteiger partial charge is 0.239 e. The third kappa shape index (κ3) is 6.08. The molecule has 0 bridgehead atoms. The number of amides is 1. The van der Waals surface area contributed by atoms with Crippen LogP contribution in [-0.4, -0.2) is 24.2 Å². The van der Waals surface area contributed by atoms with Gasteiger partial charge < -0.3 is 10.4 Å². The second-order valence-corrected chi connectivity index (χ2v) is 4.13. The minimum atomic E-state index is -0.939. The number of nitriles is 1. The summed E-state index contributed by atoms with van der Waals surface area (Å²) in [7, 11) is 0. The van der Waals surface area contributed by atoms with Gasteiger partial charge in [-0.15, -0.1) is 0 Å². The number of hydrogen-bond acceptors (Lipinski definition) is 3. The fraction of sp³-hybridized carbons (Fsp3) is 0.818. The van der Waals surface area contributed by atoms with Gasteiger partial charge in [-0.1, -0.05) is 12.8 Å². The minimum absolute atomic E-state index is 0.216. The van der Waals surface area contributed by atoms with Crippen molar-refractivity contribution in [2.75, 3.05) is 13.2 Å². The van der Waals surface area contributed by atoms with Gasteiger partial charge in [0.05, 0.1) is 6.07 Å². The molecular weight excluding hydrogens is 192 g/mol. The van der Waals surface area contributed by atoms with Crippen LogP contribution in [-0.2, 0) is 4.79 Å². The van der Waals surface area contributed by atoms with Gasteiger partial charge in [-0.3, -0.25) is 4.79 Å². The van der Waals surface area contributed by atoms with E-state index < -0.39 is 5.41 Å². The van der Waals surface area contributed by atoms with Crippen LogP contribution in [0.5, 0.6) is 0 Å². The van der Waals surface area contributed by atoms with Gasteiger partial charge in [-0.25, -0.2) is 0 Å². The first-order valence-corrected chi connectivity index (χ1v) is 5.35. The lowest BCUT2D eigenvalue weighted by atomic mass is 9.95. The van der Waals surface area contributed by atoms with Gasteiger partial charge in [0, 0.05) is 13.2 Å². The van der Waals surface area contributed by atoms with Gasteiger partial charge >= 0.3 is 0 Å². The van der Waals surface area contributed by atoms with Crippen LogP contribution in [0.2, 0.25) is 0 Å². The van der Waals surface area contributed by atoms with Crippen molar-refractivity contribution in [3.8, 4) is 6.07 Å². The van der Waals surface area contributed by atoms with Gasteiger partial charge in [-0.05, 0) is 26.7 Å². The summed E-state index contributed by atoms with van der Waals surface area (Å²) in [5.74, 6) is -0.216. The van der Waals surface area contributed by atoms with Crippen molar-refractivity contribution >= 4 is 5.91 Å². The minimum Gasteiger partial charge on any atom is -0.396 e. The van der Waals surface area contributed by atoms with Gasteiger partial charge in [0.25, 0.3) is 0 Å². The lowest BCUT2D eigenvalue weighted by molar-refractivity contribution is -0.126. The summed E-state index contributed by atoms with van der Waals surface area (Å²) in [6.45, 7) is 4.05. The summed E-state index contributed by atoms with van der Waals surface area (Å²) < 4.78 is 0. The highest BCUT2D eigenvalue weighted by Crippen LogP contribution is 2.12. The van der Waals surface area contributed by atoms with Crippen LogP contribution < -0.4 is 5.32 Å². The molecular formula is C11H20N2O2. The van der Waals surface area contributed by atoms with Crippen molar-refractivity contribution in [3.63, 3.8) is 0 Å². The maximum Gasteiger partial charge on any atom is 0.239 e. The molecule has 0 aliphatic carbocycles. The molecule has 0 saturated carbocycles. The van der Waals surface area contributed by atoms with Crippen LogP contribution in [0.4, 0.5) is 0 Å². The molecule has 0 fully saturated rings. The molecule has 2 N–H and O–H groups in total. The first kappa shape index (κ1) is 13.9. The van der Waals surface area contributed by atoms with Crippen LogP contribution in [0.15, 0.2) is 0 Å². The summed E-state index contributed by atoms with van der Waals surface area (Å²) in [5, 5.41) is 20.0. The molecule has 0 unspecified atom stereocenters. The van der Waals surface area contributed by atoms with Crippen LogP contribution in [0.25, 0.3) is 0 Å². The van der Waals surface area contributed by atoms with Gasteiger partial charge in [0.1, 0.15) is 5.41 Å². The third-order valence-corrected chi connectivity index (χ3v) is 2.22. The van der Waals surface area contributed by atoms with Gasteiger partial charge in [0.2, 0.25) is 5.91 Å². The fourth-order valence-corrected chi connectivity index (χ4v) is 1.06. The number of aliphatic hydroxyl groups excluding tert-OH is 1. The van der Waals surface area contributed by atoms with E-state index in [-0.39, 0.29) is 12.5 Å². The second kappa shape index (κ2) is 7.24. The van der Waals surface area contributed by atoms with Crippen molar-refractivity contribution in [2.45, 2.75) is 39.5 Å². The zero-order valence-corrected chi connectivity index (χ0v) is 9.55. The molecule has 0 spiro atoms. The normalized spacial score (nSPS) is 10.8. The largest absolute Gasteiger partial charge is 0.396 e. The van der Waals surface area contributed by atoms with Gasteiger partial charge in [-0.2, -0.15) is 5.26 Å². The Morgan fingerprint density at radius 3 is 2.47 bits per heavy atom. The van der Waals surface area contributed by atoms with E-state index in [1.807, 2.05) is 6.07 Å². The Kier molecular flexibility index (Phi) is 6.72. The highest BCUT2D eigenvalue weighted by molar-refractivity contribution is 5.84. The number of unbranched alkanes of at least 4 members (excludes halogenated alkanes) is 3. The average Bonchev–Trinajstić information content (AvgIpc) is 2.22. The molecule has 0 aliphatic rings. The van der Waals surface area contributed by atoms with Crippen molar-refractivity contribution in [1.29, 1.82) is 5.26 Å². The maximum atomic E-state index is 11.4. The molecule has 4 heteroatoms. The molecule has 0 saturated heterocycles. The number of hydrogen-bond donors (Lipinski definition) is 2. The Labute approximate surface area is 91.3 Å². The molecule has 0 aromatic carbocycles. The van der Waals surface area contributed by atoms with E-state index in [1.165, 1.54) is 0 Å². The Balaban J connectivity index is 3.53. The molecule has 0 aromatic heterocycles. The topological polar surface area (TPSA) is 73.1 Å². The van der Waals surface area contributed by atoms with E-state index in [2.05, 4.69) is 5.32 Å². The molecule has 0 radical (unpaired) electrons. The average molecular weight is 212 g/mol. The SMILES string of the molecule is CC(C)(C#N)C(=O)NCCCCCCO. The van der Waals surface area contributed by atoms with Crippen molar-refractivity contribution in [2.24, 2.45) is 5.41 Å². The number of carbonyl (C=O) groups excluding carboxylic acids is 1. The Hall–Kier alpha value is -1.08. The Morgan fingerprint density at radius 2 is 1.93 bits per heavy atom.